The Morgan fingerprint density at radius 3 is 0.653 bits per heavy atom. The molecular formula is C138H86F3N9. The quantitative estimate of drug-likeness (QED) is 0.125. The lowest BCUT2D eigenvalue weighted by Crippen LogP contribution is -2.30. The molecule has 29 rings (SSSR count). The number of fused-ring (bicyclic) bond motifs is 27. The van der Waals surface area contributed by atoms with E-state index in [2.05, 4.69) is 334 Å². The van der Waals surface area contributed by atoms with Gasteiger partial charge in [0.1, 0.15) is 17.5 Å². The summed E-state index contributed by atoms with van der Waals surface area (Å²) in [7, 11) is 0. The second-order valence-electron chi connectivity index (χ2n) is 38.4. The molecule has 3 unspecified atom stereocenters. The lowest BCUT2D eigenvalue weighted by atomic mass is 9.66. The first-order valence-corrected chi connectivity index (χ1v) is 50.3. The molecule has 150 heavy (non-hydrogen) atoms. The van der Waals surface area contributed by atoms with E-state index in [0.29, 0.717) is 52.4 Å². The second-order valence-corrected chi connectivity index (χ2v) is 38.4. The third-order valence-corrected chi connectivity index (χ3v) is 30.1. The minimum absolute atomic E-state index is 0.250. The average molecular weight is 1930 g/mol. The number of hydrogen-bond acceptors (Lipinski definition) is 9. The van der Waals surface area contributed by atoms with E-state index in [-0.39, 0.29) is 17.5 Å². The van der Waals surface area contributed by atoms with Crippen LogP contribution in [-0.2, 0) is 16.2 Å². The number of nitrogens with zero attached hydrogens (tertiary/aromatic N) is 9. The monoisotopic (exact) mass is 1930 g/mol. The van der Waals surface area contributed by atoms with Gasteiger partial charge in [-0.15, -0.1) is 0 Å². The highest BCUT2D eigenvalue weighted by Gasteiger charge is 2.53. The molecule has 704 valence electrons. The Balaban J connectivity index is 0.000000112. The van der Waals surface area contributed by atoms with Crippen molar-refractivity contribution < 1.29 is 13.2 Å². The van der Waals surface area contributed by atoms with E-state index in [4.69, 9.17) is 44.9 Å². The van der Waals surface area contributed by atoms with Crippen molar-refractivity contribution in [3.63, 3.8) is 0 Å². The Labute approximate surface area is 865 Å². The van der Waals surface area contributed by atoms with Gasteiger partial charge in [-0.05, 0) is 223 Å². The summed E-state index contributed by atoms with van der Waals surface area (Å²) in [5.74, 6) is 4.64. The summed E-state index contributed by atoms with van der Waals surface area (Å²) in [6.07, 6.45) is 12.8. The van der Waals surface area contributed by atoms with Gasteiger partial charge < -0.3 is 0 Å². The van der Waals surface area contributed by atoms with Gasteiger partial charge in [-0.25, -0.2) is 58.0 Å². The molecule has 0 saturated heterocycles. The molecule has 9 nitrogen and oxygen atoms in total. The molecule has 0 radical (unpaired) electrons. The summed E-state index contributed by atoms with van der Waals surface area (Å²) in [5.41, 5.74) is 36.1. The Morgan fingerprint density at radius 1 is 0.120 bits per heavy atom. The minimum atomic E-state index is -0.753. The molecular weight excluding hydrogens is 1840 g/mol. The van der Waals surface area contributed by atoms with Crippen molar-refractivity contribution in [3.05, 3.63) is 603 Å². The number of halogens is 3. The number of hydrogen-bond donors (Lipinski definition) is 0. The van der Waals surface area contributed by atoms with Gasteiger partial charge in [-0.2, -0.15) is 0 Å². The number of aromatic nitrogens is 9. The van der Waals surface area contributed by atoms with E-state index in [9.17, 15) is 0 Å². The van der Waals surface area contributed by atoms with Crippen LogP contribution in [-0.4, -0.2) is 44.9 Å². The third-order valence-electron chi connectivity index (χ3n) is 30.1. The van der Waals surface area contributed by atoms with Crippen LogP contribution in [0.1, 0.15) is 100 Å². The maximum absolute atomic E-state index is 15.4. The Hall–Kier alpha value is -19.6. The number of rotatable bonds is 11. The zero-order valence-corrected chi connectivity index (χ0v) is 80.8. The zero-order chi connectivity index (χ0) is 100.0. The molecule has 0 amide bonds. The molecule has 3 spiro atoms. The fourth-order valence-corrected chi connectivity index (χ4v) is 23.5. The van der Waals surface area contributed by atoms with Gasteiger partial charge in [-0.1, -0.05) is 455 Å². The Morgan fingerprint density at radius 2 is 0.333 bits per heavy atom. The van der Waals surface area contributed by atoms with Crippen molar-refractivity contribution in [3.8, 4) is 158 Å². The third kappa shape index (κ3) is 15.1. The van der Waals surface area contributed by atoms with Crippen LogP contribution >= 0.6 is 0 Å². The highest BCUT2D eigenvalue weighted by Crippen LogP contribution is 2.64. The van der Waals surface area contributed by atoms with Gasteiger partial charge in [0, 0.05) is 50.1 Å². The van der Waals surface area contributed by atoms with Crippen LogP contribution in [0.5, 0.6) is 0 Å². The first kappa shape index (κ1) is 89.3. The first-order chi connectivity index (χ1) is 74.0. The van der Waals surface area contributed by atoms with Crippen LogP contribution in [0.15, 0.2) is 485 Å². The molecule has 3 atom stereocenters. The van der Waals surface area contributed by atoms with Crippen molar-refractivity contribution >= 4 is 36.5 Å². The molecule has 6 aliphatic rings. The lowest BCUT2D eigenvalue weighted by Gasteiger charge is -2.35. The fourth-order valence-electron chi connectivity index (χ4n) is 23.5. The van der Waals surface area contributed by atoms with Crippen molar-refractivity contribution in [1.29, 1.82) is 0 Å². The van der Waals surface area contributed by atoms with Gasteiger partial charge in [0.15, 0.2) is 52.4 Å². The first-order valence-electron chi connectivity index (χ1n) is 50.3. The van der Waals surface area contributed by atoms with E-state index in [1.807, 2.05) is 152 Å². The standard InChI is InChI=1S/C54H34FN3.2C42H26FN3/c55-44-29-27-38-26-25-37-17-7-9-23-47(37)54(50(38)34-44)48-24-10-8-22-45(48)46-33-43(28-30-49(46)54)53-57-51(41-20-11-18-39(31-41)35-13-3-1-4-14-35)56-52(58-53)42-21-12-19-40(32-42)36-15-5-2-6-16-36;43-32-23-21-28-20-19-27-11-7-9-17-35(27)42(38(28)26-32)36-18-10-8-16-33(36)34-25-31(22-24-37(34)42)41-45-39(29-12-3-1-4-13-29)44-40(46-41)30-14-5-2-6-15-30;43-32-23-21-28-20-19-27-11-7-9-17-35(27)42(37(28)26-32)36-18-10-8-16-33(36)34-24-22-31(25-38(34)42)41-45-39(29-12-3-1-4-13-29)44-40(46-41)30-14-5-2-6-15-30/h1-34H;2*1-26H. The topological polar surface area (TPSA) is 116 Å². The van der Waals surface area contributed by atoms with Gasteiger partial charge in [0.05, 0.1) is 16.2 Å². The summed E-state index contributed by atoms with van der Waals surface area (Å²) in [6.45, 7) is 0. The molecule has 3 aromatic heterocycles. The van der Waals surface area contributed by atoms with Gasteiger partial charge in [-0.3, -0.25) is 0 Å². The molecule has 23 aromatic rings. The minimum Gasteiger partial charge on any atom is -0.208 e. The fraction of sp³-hybridized carbons (Fsp3) is 0.0217. The summed E-state index contributed by atoms with van der Waals surface area (Å²) in [4.78, 5) is 45.4. The lowest BCUT2D eigenvalue weighted by molar-refractivity contribution is 0.619. The molecule has 12 heteroatoms. The van der Waals surface area contributed by atoms with E-state index in [1.54, 1.807) is 36.4 Å². The predicted octanol–water partition coefficient (Wildman–Crippen LogP) is 32.9. The molecule has 0 aliphatic heterocycles. The summed E-state index contributed by atoms with van der Waals surface area (Å²) < 4.78 is 45.9. The van der Waals surface area contributed by atoms with E-state index < -0.39 is 16.2 Å². The predicted molar refractivity (Wildman–Crippen MR) is 598 cm³/mol. The smallest absolute Gasteiger partial charge is 0.164 e. The second kappa shape index (κ2) is 36.9. The zero-order valence-electron chi connectivity index (χ0n) is 80.8. The van der Waals surface area contributed by atoms with Crippen molar-refractivity contribution in [1.82, 2.24) is 44.9 Å². The van der Waals surface area contributed by atoms with Gasteiger partial charge >= 0.3 is 0 Å². The molecule has 6 aliphatic carbocycles. The highest BCUT2D eigenvalue weighted by atomic mass is 19.1. The van der Waals surface area contributed by atoms with Gasteiger partial charge in [0.2, 0.25) is 0 Å². The maximum atomic E-state index is 15.4. The molecule has 0 fully saturated rings. The Bertz CT molecular complexity index is 9230. The number of benzene rings is 20. The van der Waals surface area contributed by atoms with Crippen LogP contribution in [0.2, 0.25) is 0 Å². The molecule has 20 aromatic carbocycles. The van der Waals surface area contributed by atoms with Gasteiger partial charge in [0.25, 0.3) is 0 Å². The normalized spacial score (nSPS) is 15.2. The molecule has 3 heterocycles. The highest BCUT2D eigenvalue weighted by molar-refractivity contribution is 5.98. The molecule has 0 saturated carbocycles. The van der Waals surface area contributed by atoms with E-state index >= 15 is 13.2 Å². The van der Waals surface area contributed by atoms with Crippen LogP contribution in [0.4, 0.5) is 13.2 Å². The Kier molecular flexibility index (Phi) is 22.0. The van der Waals surface area contributed by atoms with Crippen molar-refractivity contribution in [2.24, 2.45) is 0 Å². The summed E-state index contributed by atoms with van der Waals surface area (Å²) >= 11 is 0. The van der Waals surface area contributed by atoms with Crippen LogP contribution in [0, 0.1) is 17.5 Å². The molecule has 0 N–H and O–H groups in total. The molecule has 0 bridgehead atoms. The SMILES string of the molecule is Fc1ccc2c(c1)C1(c3ccccc3C=C2)c2ccccc2-c2cc(-c3nc(-c4cccc(-c5ccccc5)c4)nc(-c4cccc(-c5ccccc5)c4)n3)ccc21.Fc1ccc2c(c1)C1(c3ccccc3C=C2)c2ccccc2-c2cc(-c3nc(-c4ccccc4)nc(-c4ccccc4)n3)ccc21.Fc1ccc2c(c1)C1(c3ccccc3C=C2)c2ccccc2-c2ccc(-c3nc(-c4ccccc4)nc(-c4ccccc4)n3)cc21. The van der Waals surface area contributed by atoms with E-state index in [0.717, 1.165) is 206 Å². The van der Waals surface area contributed by atoms with Crippen LogP contribution < -0.4 is 0 Å². The summed E-state index contributed by atoms with van der Waals surface area (Å²) in [6, 6.07) is 164. The largest absolute Gasteiger partial charge is 0.208 e. The van der Waals surface area contributed by atoms with E-state index in [1.165, 1.54) is 0 Å². The van der Waals surface area contributed by atoms with Crippen LogP contribution in [0.3, 0.4) is 0 Å². The van der Waals surface area contributed by atoms with Crippen molar-refractivity contribution in [2.45, 2.75) is 16.2 Å². The maximum Gasteiger partial charge on any atom is 0.164 e. The summed E-state index contributed by atoms with van der Waals surface area (Å²) in [5, 5.41) is 0. The van der Waals surface area contributed by atoms with Crippen molar-refractivity contribution in [2.75, 3.05) is 0 Å². The average Bonchev–Trinajstić information content (AvgIpc) is 1.53. The van der Waals surface area contributed by atoms with Crippen LogP contribution in [0.25, 0.3) is 195 Å².